The summed E-state index contributed by atoms with van der Waals surface area (Å²) < 4.78 is 10.4. The Bertz CT molecular complexity index is 181. The molecule has 0 saturated carbocycles. The number of nitriles is 1. The number of rotatable bonds is 10. The van der Waals surface area contributed by atoms with E-state index in [1.807, 2.05) is 0 Å². The van der Waals surface area contributed by atoms with Crippen LogP contribution >= 0.6 is 0 Å². The van der Waals surface area contributed by atoms with Crippen molar-refractivity contribution in [3.8, 4) is 5.97 Å². The van der Waals surface area contributed by atoms with Gasteiger partial charge in [0.1, 0.15) is 0 Å². The summed E-state index contributed by atoms with van der Waals surface area (Å²) in [5, 5.41) is 7.25. The van der Waals surface area contributed by atoms with Crippen molar-refractivity contribution in [2.24, 2.45) is 0 Å². The molecule has 4 heteroatoms. The molecular weight excluding hydrogens is 226 g/mol. The molecule has 0 unspecified atom stereocenters. The van der Waals surface area contributed by atoms with E-state index in [-0.39, 0.29) is 0 Å². The maximum absolute atomic E-state index is 10.4. The van der Waals surface area contributed by atoms with Crippen molar-refractivity contribution >= 4 is 7.56 Å². The van der Waals surface area contributed by atoms with Crippen LogP contribution in [0.1, 0.15) is 64.7 Å². The van der Waals surface area contributed by atoms with E-state index in [1.165, 1.54) is 70.3 Å². The highest BCUT2D eigenvalue weighted by atomic mass is 19.1. The number of halogens is 1. The molecule has 106 valence electrons. The summed E-state index contributed by atoms with van der Waals surface area (Å²) in [6.45, 7) is 3.54. The van der Waals surface area contributed by atoms with Crippen molar-refractivity contribution in [1.29, 1.82) is 5.26 Å². The Hall–Kier alpha value is -0.555. The van der Waals surface area contributed by atoms with Gasteiger partial charge >= 0.3 is 7.56 Å². The molecule has 0 amide bonds. The summed E-state index contributed by atoms with van der Waals surface area (Å²) in [7, 11) is 3.44. The topological polar surface area (TPSA) is 27.0 Å². The van der Waals surface area contributed by atoms with Crippen LogP contribution < -0.4 is 0 Å². The van der Waals surface area contributed by atoms with Crippen LogP contribution in [0.25, 0.3) is 0 Å². The second-order valence-electron chi connectivity index (χ2n) is 4.92. The molecule has 0 spiro atoms. The molecule has 0 aliphatic carbocycles. The van der Waals surface area contributed by atoms with Gasteiger partial charge in [-0.2, -0.15) is 0 Å². The minimum Gasteiger partial charge on any atom is -0.319 e. The van der Waals surface area contributed by atoms with Crippen LogP contribution in [-0.4, -0.2) is 33.1 Å². The van der Waals surface area contributed by atoms with Crippen molar-refractivity contribution in [2.45, 2.75) is 64.7 Å². The summed E-state index contributed by atoms with van der Waals surface area (Å²) in [4.78, 5) is 2.28. The van der Waals surface area contributed by atoms with Crippen molar-refractivity contribution in [3.63, 3.8) is 0 Å². The molecule has 0 aliphatic heterocycles. The largest absolute Gasteiger partial charge is 0.445 e. The first-order chi connectivity index (χ1) is 8.68. The molecule has 0 fully saturated rings. The lowest BCUT2D eigenvalue weighted by Gasteiger charge is -2.08. The second kappa shape index (κ2) is 18.8. The van der Waals surface area contributed by atoms with Gasteiger partial charge in [-0.25, -0.2) is 5.26 Å². The van der Waals surface area contributed by atoms with E-state index in [0.717, 1.165) is 0 Å². The van der Waals surface area contributed by atoms with Gasteiger partial charge in [-0.1, -0.05) is 58.3 Å². The third-order valence-corrected chi connectivity index (χ3v) is 2.77. The van der Waals surface area contributed by atoms with Crippen LogP contribution in [0.2, 0.25) is 0 Å². The molecule has 2 nitrogen and oxygen atoms in total. The van der Waals surface area contributed by atoms with Gasteiger partial charge in [0.15, 0.2) is 0 Å². The smallest absolute Gasteiger partial charge is 0.319 e. The van der Waals surface area contributed by atoms with E-state index in [2.05, 4.69) is 25.9 Å². The van der Waals surface area contributed by atoms with Gasteiger partial charge in [0, 0.05) is 5.97 Å². The minimum atomic E-state index is -0.875. The average Bonchev–Trinajstić information content (AvgIpc) is 2.37. The molecule has 0 aromatic carbocycles. The summed E-state index contributed by atoms with van der Waals surface area (Å²) >= 11 is 0. The Morgan fingerprint density at radius 1 is 0.944 bits per heavy atom. The number of nitrogens with zero attached hydrogens (tertiary/aromatic N) is 2. The van der Waals surface area contributed by atoms with Crippen LogP contribution in [0.3, 0.4) is 0 Å². The van der Waals surface area contributed by atoms with Crippen molar-refractivity contribution in [1.82, 2.24) is 4.90 Å². The highest BCUT2D eigenvalue weighted by molar-refractivity contribution is 6.36. The van der Waals surface area contributed by atoms with E-state index < -0.39 is 7.56 Å². The molecular formula is C14H30BFN2. The monoisotopic (exact) mass is 256 g/mol. The second-order valence-corrected chi connectivity index (χ2v) is 4.92. The zero-order valence-corrected chi connectivity index (χ0v) is 12.6. The lowest BCUT2D eigenvalue weighted by atomic mass is 10.1. The normalized spacial score (nSPS) is 9.56. The molecule has 18 heavy (non-hydrogen) atoms. The third kappa shape index (κ3) is 24.6. The van der Waals surface area contributed by atoms with Gasteiger partial charge in [-0.15, -0.1) is 0 Å². The molecule has 0 N–H and O–H groups in total. The highest BCUT2D eigenvalue weighted by Gasteiger charge is 1.92. The molecule has 0 atom stereocenters. The first-order valence-electron chi connectivity index (χ1n) is 7.26. The summed E-state index contributed by atoms with van der Waals surface area (Å²) in [5.41, 5.74) is 0. The van der Waals surface area contributed by atoms with E-state index in [4.69, 9.17) is 5.26 Å². The molecule has 0 aromatic rings. The van der Waals surface area contributed by atoms with Gasteiger partial charge in [-0.3, -0.25) is 0 Å². The van der Waals surface area contributed by atoms with Crippen LogP contribution in [-0.2, 0) is 0 Å². The lowest BCUT2D eigenvalue weighted by Crippen LogP contribution is -2.12. The van der Waals surface area contributed by atoms with Crippen LogP contribution in [0.4, 0.5) is 4.32 Å². The Balaban J connectivity index is 0. The Kier molecular flexibility index (Phi) is 20.7. The molecule has 0 rings (SSSR count). The SMILES string of the molecule is CCCCCCCCCCCN(C)C.N#CBF. The lowest BCUT2D eigenvalue weighted by molar-refractivity contribution is 0.389. The number of hydrogen-bond acceptors (Lipinski definition) is 2. The molecule has 0 bridgehead atoms. The quantitative estimate of drug-likeness (QED) is 0.438. The Morgan fingerprint density at radius 3 is 1.67 bits per heavy atom. The first-order valence-corrected chi connectivity index (χ1v) is 7.26. The van der Waals surface area contributed by atoms with Crippen LogP contribution in [0, 0.1) is 11.2 Å². The molecule has 0 saturated heterocycles. The highest BCUT2D eigenvalue weighted by Crippen LogP contribution is 2.09. The fourth-order valence-corrected chi connectivity index (χ4v) is 1.74. The fraction of sp³-hybridized carbons (Fsp3) is 0.929. The maximum Gasteiger partial charge on any atom is 0.445 e. The first kappa shape index (κ1) is 19.8. The third-order valence-electron chi connectivity index (χ3n) is 2.77. The zero-order chi connectivity index (χ0) is 14.1. The predicted octanol–water partition coefficient (Wildman–Crippen LogP) is 3.87. The van der Waals surface area contributed by atoms with Gasteiger partial charge in [0.25, 0.3) is 0 Å². The van der Waals surface area contributed by atoms with Gasteiger partial charge in [0.05, 0.1) is 0 Å². The molecule has 0 aliphatic rings. The maximum atomic E-state index is 10.4. The van der Waals surface area contributed by atoms with E-state index in [1.54, 1.807) is 0 Å². The molecule has 0 heterocycles. The van der Waals surface area contributed by atoms with E-state index in [0.29, 0.717) is 0 Å². The molecule has 0 aromatic heterocycles. The van der Waals surface area contributed by atoms with Crippen LogP contribution in [0.5, 0.6) is 0 Å². The average molecular weight is 256 g/mol. The fourth-order valence-electron chi connectivity index (χ4n) is 1.74. The van der Waals surface area contributed by atoms with Crippen LogP contribution in [0.15, 0.2) is 0 Å². The zero-order valence-electron chi connectivity index (χ0n) is 12.6. The Morgan fingerprint density at radius 2 is 1.33 bits per heavy atom. The Labute approximate surface area is 114 Å². The predicted molar refractivity (Wildman–Crippen MR) is 79.7 cm³/mol. The summed E-state index contributed by atoms with van der Waals surface area (Å²) in [6.07, 6.45) is 12.9. The van der Waals surface area contributed by atoms with Gasteiger partial charge < -0.3 is 9.22 Å². The standard InChI is InChI=1S/C13H29N.CHBFN/c1-4-5-6-7-8-9-10-11-12-13-14(2)3;3-2-1-4/h4-13H2,1-3H3;2H. The van der Waals surface area contributed by atoms with Gasteiger partial charge in [-0.05, 0) is 27.1 Å². The summed E-state index contributed by atoms with van der Waals surface area (Å²) in [6, 6.07) is 0. The number of hydrogen-bond donors (Lipinski definition) is 0. The molecule has 0 radical (unpaired) electrons. The van der Waals surface area contributed by atoms with Crippen molar-refractivity contribution in [2.75, 3.05) is 20.6 Å². The van der Waals surface area contributed by atoms with E-state index >= 15 is 0 Å². The van der Waals surface area contributed by atoms with Gasteiger partial charge in [0.2, 0.25) is 0 Å². The van der Waals surface area contributed by atoms with Crippen molar-refractivity contribution < 1.29 is 4.32 Å². The number of unbranched alkanes of at least 4 members (excludes halogenated alkanes) is 8. The minimum absolute atomic E-state index is 0.875. The summed E-state index contributed by atoms with van der Waals surface area (Å²) in [5.74, 6) is 1.26. The van der Waals surface area contributed by atoms with Crippen molar-refractivity contribution in [3.05, 3.63) is 0 Å². The van der Waals surface area contributed by atoms with E-state index in [9.17, 15) is 4.32 Å².